The number of nitrogens with one attached hydrogen (secondary N) is 1. The van der Waals surface area contributed by atoms with Gasteiger partial charge in [-0.05, 0) is 56.3 Å². The molecule has 5 nitrogen and oxygen atoms in total. The summed E-state index contributed by atoms with van der Waals surface area (Å²) >= 11 is 6.15. The molecule has 2 bridgehead atoms. The highest BCUT2D eigenvalue weighted by atomic mass is 35.5. The maximum absolute atomic E-state index is 12.5. The molecule has 4 rings (SSSR count). The van der Waals surface area contributed by atoms with Gasteiger partial charge in [-0.1, -0.05) is 18.0 Å². The Morgan fingerprint density at radius 1 is 1.29 bits per heavy atom. The van der Waals surface area contributed by atoms with Crippen LogP contribution in [0.5, 0.6) is 0 Å². The van der Waals surface area contributed by atoms with Gasteiger partial charge < -0.3 is 10.2 Å². The SMILES string of the molecule is O=C(NCC[C@@H]1C[C@H]2CC[C@H]1C2)c1nc(N2CCCC2)ncc1Cl. The first-order chi connectivity index (χ1) is 11.7. The Morgan fingerprint density at radius 2 is 2.12 bits per heavy atom. The van der Waals surface area contributed by atoms with Gasteiger partial charge in [-0.25, -0.2) is 9.97 Å². The second-order valence-electron chi connectivity index (χ2n) is 7.54. The fourth-order valence-electron chi connectivity index (χ4n) is 4.77. The van der Waals surface area contributed by atoms with Gasteiger partial charge in [-0.3, -0.25) is 4.79 Å². The number of hydrogen-bond acceptors (Lipinski definition) is 4. The molecule has 0 radical (unpaired) electrons. The minimum Gasteiger partial charge on any atom is -0.351 e. The predicted octanol–water partition coefficient (Wildman–Crippen LogP) is 3.29. The summed E-state index contributed by atoms with van der Waals surface area (Å²) in [6.45, 7) is 2.62. The molecule has 1 aromatic heterocycles. The van der Waals surface area contributed by atoms with E-state index in [-0.39, 0.29) is 5.91 Å². The topological polar surface area (TPSA) is 58.1 Å². The third-order valence-corrected chi connectivity index (χ3v) is 6.30. The maximum Gasteiger partial charge on any atom is 0.271 e. The Balaban J connectivity index is 1.34. The molecule has 130 valence electrons. The average molecular weight is 349 g/mol. The van der Waals surface area contributed by atoms with Crippen molar-refractivity contribution >= 4 is 23.5 Å². The van der Waals surface area contributed by atoms with E-state index in [2.05, 4.69) is 20.2 Å². The highest BCUT2D eigenvalue weighted by molar-refractivity contribution is 6.33. The summed E-state index contributed by atoms with van der Waals surface area (Å²) in [7, 11) is 0. The second-order valence-corrected chi connectivity index (χ2v) is 7.95. The molecule has 0 aromatic carbocycles. The Morgan fingerprint density at radius 3 is 2.83 bits per heavy atom. The standard InChI is InChI=1S/C18H25ClN4O/c19-15-11-21-18(23-7-1-2-8-23)22-16(15)17(24)20-6-5-14-10-12-3-4-13(14)9-12/h11-14H,1-10H2,(H,20,24)/t12-,13-,14+/m0/s1. The quantitative estimate of drug-likeness (QED) is 0.887. The summed E-state index contributed by atoms with van der Waals surface area (Å²) in [5, 5.41) is 3.34. The molecule has 2 aliphatic carbocycles. The predicted molar refractivity (Wildman–Crippen MR) is 94.4 cm³/mol. The Bertz CT molecular complexity index is 617. The molecular weight excluding hydrogens is 324 g/mol. The van der Waals surface area contributed by atoms with Crippen molar-refractivity contribution in [2.75, 3.05) is 24.5 Å². The maximum atomic E-state index is 12.5. The van der Waals surface area contributed by atoms with Gasteiger partial charge in [-0.15, -0.1) is 0 Å². The number of anilines is 1. The number of carbonyl (C=O) groups excluding carboxylic acids is 1. The van der Waals surface area contributed by atoms with Gasteiger partial charge in [0.2, 0.25) is 5.95 Å². The summed E-state index contributed by atoms with van der Waals surface area (Å²) in [5.74, 6) is 3.09. The summed E-state index contributed by atoms with van der Waals surface area (Å²) in [6, 6.07) is 0. The molecule has 2 heterocycles. The number of aromatic nitrogens is 2. The molecular formula is C18H25ClN4O. The number of rotatable bonds is 5. The smallest absolute Gasteiger partial charge is 0.271 e. The van der Waals surface area contributed by atoms with Crippen LogP contribution in [-0.2, 0) is 0 Å². The van der Waals surface area contributed by atoms with Crippen LogP contribution in [0.25, 0.3) is 0 Å². The van der Waals surface area contributed by atoms with Crippen molar-refractivity contribution in [1.82, 2.24) is 15.3 Å². The van der Waals surface area contributed by atoms with E-state index in [1.807, 2.05) is 0 Å². The zero-order chi connectivity index (χ0) is 16.5. The Hall–Kier alpha value is -1.36. The monoisotopic (exact) mass is 348 g/mol. The van der Waals surface area contributed by atoms with E-state index in [4.69, 9.17) is 11.6 Å². The average Bonchev–Trinajstić information content (AvgIpc) is 3.33. The number of amides is 1. The molecule has 2 saturated carbocycles. The van der Waals surface area contributed by atoms with Crippen LogP contribution >= 0.6 is 11.6 Å². The van der Waals surface area contributed by atoms with Crippen LogP contribution in [0.15, 0.2) is 6.20 Å². The van der Waals surface area contributed by atoms with Crippen LogP contribution < -0.4 is 10.2 Å². The number of halogens is 1. The van der Waals surface area contributed by atoms with Gasteiger partial charge in [0.05, 0.1) is 11.2 Å². The van der Waals surface area contributed by atoms with Gasteiger partial charge in [-0.2, -0.15) is 0 Å². The van der Waals surface area contributed by atoms with E-state index >= 15 is 0 Å². The van der Waals surface area contributed by atoms with E-state index in [1.165, 1.54) is 25.7 Å². The van der Waals surface area contributed by atoms with E-state index in [1.54, 1.807) is 6.20 Å². The fraction of sp³-hybridized carbons (Fsp3) is 0.722. The van der Waals surface area contributed by atoms with Crippen molar-refractivity contribution in [2.45, 2.75) is 44.9 Å². The van der Waals surface area contributed by atoms with Gasteiger partial charge in [0.15, 0.2) is 5.69 Å². The highest BCUT2D eigenvalue weighted by Crippen LogP contribution is 2.49. The van der Waals surface area contributed by atoms with Crippen LogP contribution in [0.4, 0.5) is 5.95 Å². The molecule has 3 aliphatic rings. The van der Waals surface area contributed by atoms with Crippen molar-refractivity contribution in [3.05, 3.63) is 16.9 Å². The number of carbonyl (C=O) groups is 1. The van der Waals surface area contributed by atoms with Crippen molar-refractivity contribution in [3.63, 3.8) is 0 Å². The third-order valence-electron chi connectivity index (χ3n) is 6.02. The molecule has 1 saturated heterocycles. The first-order valence-electron chi connectivity index (χ1n) is 9.26. The minimum atomic E-state index is -0.175. The van der Waals surface area contributed by atoms with Crippen LogP contribution in [0.1, 0.15) is 55.4 Å². The molecule has 3 fully saturated rings. The summed E-state index contributed by atoms with van der Waals surface area (Å²) < 4.78 is 0. The normalized spacial score (nSPS) is 28.5. The molecule has 6 heteroatoms. The minimum absolute atomic E-state index is 0.175. The lowest BCUT2D eigenvalue weighted by Crippen LogP contribution is -2.29. The molecule has 3 atom stereocenters. The molecule has 0 unspecified atom stereocenters. The lowest BCUT2D eigenvalue weighted by Gasteiger charge is -2.21. The largest absolute Gasteiger partial charge is 0.351 e. The van der Waals surface area contributed by atoms with Gasteiger partial charge in [0, 0.05) is 19.6 Å². The van der Waals surface area contributed by atoms with E-state index < -0.39 is 0 Å². The first-order valence-corrected chi connectivity index (χ1v) is 9.64. The highest BCUT2D eigenvalue weighted by Gasteiger charge is 2.38. The third kappa shape index (κ3) is 3.23. The molecule has 1 aromatic rings. The zero-order valence-corrected chi connectivity index (χ0v) is 14.8. The second kappa shape index (κ2) is 6.87. The van der Waals surface area contributed by atoms with Crippen molar-refractivity contribution in [3.8, 4) is 0 Å². The van der Waals surface area contributed by atoms with Crippen LogP contribution in [0, 0.1) is 17.8 Å². The lowest BCUT2D eigenvalue weighted by atomic mass is 9.86. The van der Waals surface area contributed by atoms with Crippen molar-refractivity contribution in [2.24, 2.45) is 17.8 Å². The van der Waals surface area contributed by atoms with Gasteiger partial charge in [0.1, 0.15) is 0 Å². The van der Waals surface area contributed by atoms with Gasteiger partial charge in [0.25, 0.3) is 5.91 Å². The Kier molecular flexibility index (Phi) is 4.61. The Labute approximate surface area is 148 Å². The van der Waals surface area contributed by atoms with Crippen molar-refractivity contribution < 1.29 is 4.79 Å². The number of fused-ring (bicyclic) bond motifs is 2. The molecule has 0 spiro atoms. The van der Waals surface area contributed by atoms with Crippen LogP contribution in [0.2, 0.25) is 5.02 Å². The van der Waals surface area contributed by atoms with E-state index in [9.17, 15) is 4.79 Å². The first kappa shape index (κ1) is 16.1. The van der Waals surface area contributed by atoms with Gasteiger partial charge >= 0.3 is 0 Å². The molecule has 1 amide bonds. The summed E-state index contributed by atoms with van der Waals surface area (Å²) in [6.07, 6.45) is 10.5. The zero-order valence-electron chi connectivity index (χ0n) is 14.0. The van der Waals surface area contributed by atoms with Crippen LogP contribution in [-0.4, -0.2) is 35.5 Å². The van der Waals surface area contributed by atoms with Crippen molar-refractivity contribution in [1.29, 1.82) is 0 Å². The molecule has 1 aliphatic heterocycles. The summed E-state index contributed by atoms with van der Waals surface area (Å²) in [5.41, 5.74) is 0.307. The lowest BCUT2D eigenvalue weighted by molar-refractivity contribution is 0.0945. The van der Waals surface area contributed by atoms with Crippen LogP contribution in [0.3, 0.4) is 0 Å². The number of hydrogen-bond donors (Lipinski definition) is 1. The van der Waals surface area contributed by atoms with E-state index in [0.29, 0.717) is 23.2 Å². The van der Waals surface area contributed by atoms with E-state index in [0.717, 1.165) is 50.1 Å². The molecule has 1 N–H and O–H groups in total. The fourth-order valence-corrected chi connectivity index (χ4v) is 4.95. The number of nitrogens with zero attached hydrogens (tertiary/aromatic N) is 3. The molecule has 24 heavy (non-hydrogen) atoms. The summed E-state index contributed by atoms with van der Waals surface area (Å²) in [4.78, 5) is 23.3.